The Morgan fingerprint density at radius 2 is 0.849 bits per heavy atom. The van der Waals surface area contributed by atoms with Crippen LogP contribution in [0.2, 0.25) is 0 Å². The summed E-state index contributed by atoms with van der Waals surface area (Å²) >= 11 is -2.90. The first-order valence-corrected chi connectivity index (χ1v) is 23.1. The molecule has 4 aromatic carbocycles. The molecule has 4 aromatic rings. The van der Waals surface area contributed by atoms with Crippen molar-refractivity contribution in [1.82, 2.24) is 0 Å². The van der Waals surface area contributed by atoms with Crippen LogP contribution in [0.15, 0.2) is 93.8 Å². The van der Waals surface area contributed by atoms with Gasteiger partial charge in [-0.3, -0.25) is 0 Å². The first kappa shape index (κ1) is 43.4. The van der Waals surface area contributed by atoms with Gasteiger partial charge in [0.1, 0.15) is 0 Å². The summed E-state index contributed by atoms with van der Waals surface area (Å²) in [4.78, 5) is 0. The molecule has 0 aromatic heterocycles. The molecule has 0 spiro atoms. The molecular formula is C50H62Cl2Zr. The molecule has 0 amide bonds. The molecular weight excluding hydrogens is 763 g/mol. The Morgan fingerprint density at radius 1 is 0.509 bits per heavy atom. The molecule has 2 aliphatic rings. The number of aryl methyl sites for hydroxylation is 2. The fraction of sp³-hybridized carbons (Fsp3) is 0.420. The van der Waals surface area contributed by atoms with Gasteiger partial charge in [0.2, 0.25) is 0 Å². The fourth-order valence-electron chi connectivity index (χ4n) is 8.46. The van der Waals surface area contributed by atoms with E-state index in [2.05, 4.69) is 189 Å². The van der Waals surface area contributed by atoms with Crippen molar-refractivity contribution in [2.75, 3.05) is 0 Å². The van der Waals surface area contributed by atoms with E-state index in [1.54, 1.807) is 17.6 Å². The topological polar surface area (TPSA) is 0 Å². The van der Waals surface area contributed by atoms with Gasteiger partial charge >= 0.3 is 321 Å². The van der Waals surface area contributed by atoms with Gasteiger partial charge in [-0.25, -0.2) is 0 Å². The molecule has 0 unspecified atom stereocenters. The average molecular weight is 825 g/mol. The van der Waals surface area contributed by atoms with Gasteiger partial charge in [0.25, 0.3) is 0 Å². The molecule has 0 fully saturated rings. The van der Waals surface area contributed by atoms with Crippen molar-refractivity contribution in [2.24, 2.45) is 0 Å². The maximum atomic E-state index is 2.70. The molecule has 0 bridgehead atoms. The first-order valence-electron chi connectivity index (χ1n) is 19.2. The van der Waals surface area contributed by atoms with Crippen LogP contribution in [0.4, 0.5) is 0 Å². The first-order chi connectivity index (χ1) is 23.6. The Balaban J connectivity index is 0.00000314. The van der Waals surface area contributed by atoms with Gasteiger partial charge in [-0.15, -0.1) is 0 Å². The zero-order chi connectivity index (χ0) is 37.4. The standard InChI is InChI=1S/C29H41.C15H14.C6H7.2ClH.Zr/c1-26(2,3)22-14-18-13-19-15-23(27(4,5)6)25(29(10,11)12)17-21(19)20(18)16-24(22)28(7,8)9;1-12-3-7-14(8-4-12)11-15-9-5-13(2)6-10-15;1-6-4-2-3-5-6;;;/h13-17H,1-12H3;3-10H,1-2H3;2,4H,3H2,1H3;2*1H;/q;;;;;+2/p-2. The van der Waals surface area contributed by atoms with Gasteiger partial charge in [0.15, 0.2) is 0 Å². The third-order valence-electron chi connectivity index (χ3n) is 11.3. The Bertz CT molecular complexity index is 1960. The number of hydrogen-bond donors (Lipinski definition) is 0. The van der Waals surface area contributed by atoms with E-state index in [9.17, 15) is 0 Å². The maximum absolute atomic E-state index is 2.90. The Labute approximate surface area is 343 Å². The zero-order valence-electron chi connectivity index (χ0n) is 35.1. The van der Waals surface area contributed by atoms with Crippen molar-refractivity contribution < 1.29 is 46.1 Å². The molecule has 0 aliphatic heterocycles. The van der Waals surface area contributed by atoms with Crippen LogP contribution in [-0.4, -0.2) is 3.21 Å². The van der Waals surface area contributed by atoms with E-state index >= 15 is 0 Å². The predicted octanol–water partition coefficient (Wildman–Crippen LogP) is 7.69. The Hall–Kier alpha value is -2.31. The number of hydrogen-bond acceptors (Lipinski definition) is 0. The van der Waals surface area contributed by atoms with E-state index in [1.807, 2.05) is 0 Å². The monoisotopic (exact) mass is 822 g/mol. The van der Waals surface area contributed by atoms with Crippen LogP contribution in [0.1, 0.15) is 156 Å². The Morgan fingerprint density at radius 3 is 1.15 bits per heavy atom. The molecule has 2 aliphatic carbocycles. The van der Waals surface area contributed by atoms with Gasteiger partial charge in [-0.1, -0.05) is 0 Å². The minimum absolute atomic E-state index is 0. The van der Waals surface area contributed by atoms with Gasteiger partial charge in [0.05, 0.1) is 0 Å². The number of halogens is 2. The van der Waals surface area contributed by atoms with Crippen LogP contribution in [0, 0.1) is 13.8 Å². The molecule has 0 saturated carbocycles. The largest absolute Gasteiger partial charge is 1.00 e. The van der Waals surface area contributed by atoms with Crippen LogP contribution in [0.25, 0.3) is 11.1 Å². The molecule has 0 nitrogen and oxygen atoms in total. The van der Waals surface area contributed by atoms with E-state index < -0.39 is 21.3 Å². The molecule has 0 N–H and O–H groups in total. The zero-order valence-corrected chi connectivity index (χ0v) is 39.1. The van der Waals surface area contributed by atoms with Gasteiger partial charge < -0.3 is 24.8 Å². The summed E-state index contributed by atoms with van der Waals surface area (Å²) in [6.07, 6.45) is 5.93. The summed E-state index contributed by atoms with van der Waals surface area (Å²) < 4.78 is 3.74. The third-order valence-corrected chi connectivity index (χ3v) is 20.0. The van der Waals surface area contributed by atoms with Gasteiger partial charge in [-0.05, 0) is 0 Å². The maximum Gasteiger partial charge on any atom is -1.00 e. The van der Waals surface area contributed by atoms with E-state index in [4.69, 9.17) is 0 Å². The molecule has 53 heavy (non-hydrogen) atoms. The SMILES string of the molecule is CC1=[C]([Zr+2](=[C](c2ccc(C)cc2)c2ccc(C)cc2)[CH]2c3cc(C(C)(C)C)c(C(C)(C)C)cc3-c3cc(C(C)(C)C)c(C(C)(C)C)cc32)CC=C1.[Cl-].[Cl-]. The average Bonchev–Trinajstić information content (AvgIpc) is 3.58. The van der Waals surface area contributed by atoms with Crippen LogP contribution in [0.5, 0.6) is 0 Å². The van der Waals surface area contributed by atoms with Gasteiger partial charge in [-0.2, -0.15) is 0 Å². The van der Waals surface area contributed by atoms with Crippen LogP contribution >= 0.6 is 0 Å². The second kappa shape index (κ2) is 15.3. The van der Waals surface area contributed by atoms with Crippen molar-refractivity contribution in [3.05, 3.63) is 149 Å². The number of rotatable bonds is 4. The van der Waals surface area contributed by atoms with Gasteiger partial charge in [0, 0.05) is 0 Å². The minimum atomic E-state index is -2.90. The molecule has 0 atom stereocenters. The summed E-state index contributed by atoms with van der Waals surface area (Å²) in [5.74, 6) is 0. The third kappa shape index (κ3) is 8.44. The molecule has 6 rings (SSSR count). The number of benzene rings is 4. The van der Waals surface area contributed by atoms with Crippen molar-refractivity contribution in [2.45, 2.75) is 136 Å². The fourth-order valence-corrected chi connectivity index (χ4v) is 17.9. The summed E-state index contributed by atoms with van der Waals surface area (Å²) in [6, 6.07) is 29.7. The van der Waals surface area contributed by atoms with Crippen LogP contribution in [-0.2, 0) is 42.9 Å². The predicted molar refractivity (Wildman–Crippen MR) is 221 cm³/mol. The summed E-state index contributed by atoms with van der Waals surface area (Å²) in [6.45, 7) is 35.7. The van der Waals surface area contributed by atoms with Crippen molar-refractivity contribution in [3.8, 4) is 11.1 Å². The Kier molecular flexibility index (Phi) is 12.6. The quantitative estimate of drug-likeness (QED) is 0.198. The minimum Gasteiger partial charge on any atom is -1.00 e. The normalized spacial score (nSPS) is 14.3. The second-order valence-electron chi connectivity index (χ2n) is 19.7. The molecule has 0 saturated heterocycles. The molecule has 3 heteroatoms. The summed E-state index contributed by atoms with van der Waals surface area (Å²) in [5, 5.41) is 0. The number of fused-ring (bicyclic) bond motifs is 3. The van der Waals surface area contributed by atoms with Crippen LogP contribution in [0.3, 0.4) is 0 Å². The molecule has 0 heterocycles. The molecule has 0 radical (unpaired) electrons. The van der Waals surface area contributed by atoms with E-state index in [1.165, 1.54) is 61.2 Å². The summed E-state index contributed by atoms with van der Waals surface area (Å²) in [7, 11) is 0. The van der Waals surface area contributed by atoms with Crippen LogP contribution < -0.4 is 24.8 Å². The smallest absolute Gasteiger partial charge is 1.00 e. The molecule has 280 valence electrons. The van der Waals surface area contributed by atoms with E-state index in [0.717, 1.165) is 6.42 Å². The van der Waals surface area contributed by atoms with Crippen molar-refractivity contribution >= 4 is 3.21 Å². The van der Waals surface area contributed by atoms with Crippen molar-refractivity contribution in [3.63, 3.8) is 0 Å². The number of allylic oxidation sites excluding steroid dienone is 4. The van der Waals surface area contributed by atoms with E-state index in [0.29, 0.717) is 3.63 Å². The van der Waals surface area contributed by atoms with Crippen molar-refractivity contribution in [1.29, 1.82) is 0 Å². The van der Waals surface area contributed by atoms with E-state index in [-0.39, 0.29) is 46.5 Å². The second-order valence-corrected chi connectivity index (χ2v) is 25.9. The summed E-state index contributed by atoms with van der Waals surface area (Å²) in [5.41, 5.74) is 19.2.